The first-order valence-electron chi connectivity index (χ1n) is 14.7. The summed E-state index contributed by atoms with van der Waals surface area (Å²) < 4.78 is 7.76. The quantitative estimate of drug-likeness (QED) is 0.182. The topological polar surface area (TPSA) is 175 Å². The third-order valence-electron chi connectivity index (χ3n) is 8.14. The van der Waals surface area contributed by atoms with E-state index in [-0.39, 0.29) is 5.25 Å². The largest absolute Gasteiger partial charge is 0.383 e. The van der Waals surface area contributed by atoms with Crippen LogP contribution in [0.25, 0.3) is 33.7 Å². The van der Waals surface area contributed by atoms with E-state index in [1.54, 1.807) is 26.1 Å². The smallest absolute Gasteiger partial charge is 0.167 e. The molecule has 8 rings (SSSR count). The summed E-state index contributed by atoms with van der Waals surface area (Å²) in [6, 6.07) is 0. The number of H-pyrrole nitrogens is 1. The summed E-state index contributed by atoms with van der Waals surface area (Å²) in [5.41, 5.74) is 19.7. The van der Waals surface area contributed by atoms with Crippen molar-refractivity contribution in [3.05, 3.63) is 51.9 Å². The zero-order valence-corrected chi connectivity index (χ0v) is 28.0. The monoisotopic (exact) mass is 712 g/mol. The molecule has 2 atom stereocenters. The third kappa shape index (κ3) is 5.58. The van der Waals surface area contributed by atoms with E-state index in [0.29, 0.717) is 22.6 Å². The van der Waals surface area contributed by atoms with Crippen LogP contribution in [0, 0.1) is 0 Å². The lowest BCUT2D eigenvalue weighted by Crippen LogP contribution is -2.29. The second-order valence-electron chi connectivity index (χ2n) is 11.3. The summed E-state index contributed by atoms with van der Waals surface area (Å²) in [5.74, 6) is 2.39. The molecular weight excluding hydrogens is 680 g/mol. The number of fused-ring (bicyclic) bond motifs is 2. The Morgan fingerprint density at radius 2 is 1.62 bits per heavy atom. The van der Waals surface area contributed by atoms with Gasteiger partial charge in [-0.2, -0.15) is 24.3 Å². The van der Waals surface area contributed by atoms with Crippen LogP contribution in [0.5, 0.6) is 0 Å². The first-order valence-corrected chi connectivity index (χ1v) is 16.9. The van der Waals surface area contributed by atoms with E-state index in [0.717, 1.165) is 94.3 Å². The van der Waals surface area contributed by atoms with Gasteiger partial charge in [0.2, 0.25) is 0 Å². The molecule has 17 heteroatoms. The molecule has 0 amide bonds. The van der Waals surface area contributed by atoms with Crippen molar-refractivity contribution in [3.8, 4) is 22.4 Å². The van der Waals surface area contributed by atoms with Crippen LogP contribution in [0.4, 0.5) is 11.6 Å². The van der Waals surface area contributed by atoms with Crippen LogP contribution in [0.2, 0.25) is 5.02 Å². The van der Waals surface area contributed by atoms with E-state index < -0.39 is 0 Å². The number of nitrogens with one attached hydrogen (secondary N) is 3. The highest BCUT2D eigenvalue weighted by atomic mass is 79.9. The summed E-state index contributed by atoms with van der Waals surface area (Å²) >= 11 is 12.0. The lowest BCUT2D eigenvalue weighted by Gasteiger charge is -2.23. The molecule has 2 fully saturated rings. The molecule has 14 nitrogen and oxygen atoms in total. The Kier molecular flexibility index (Phi) is 8.24. The minimum atomic E-state index is 0.280. The average Bonchev–Trinajstić information content (AvgIpc) is 3.78. The van der Waals surface area contributed by atoms with E-state index in [1.807, 2.05) is 49.1 Å². The van der Waals surface area contributed by atoms with Crippen LogP contribution in [-0.4, -0.2) is 80.7 Å². The SMILES string of the molecule is Cn1cc(-c2cnn3c(N)c(Br)c(C4CNCCS4)nc23)cn1.Cn1cc(-c2cnn3c(N)c(Cl)c(C4CCCNC4)nc23)[nH]1. The predicted molar refractivity (Wildman–Crippen MR) is 181 cm³/mol. The first kappa shape index (κ1) is 30.1. The number of aryl methyl sites for hydroxylation is 2. The zero-order chi connectivity index (χ0) is 31.2. The summed E-state index contributed by atoms with van der Waals surface area (Å²) in [5, 5.41) is 23.7. The lowest BCUT2D eigenvalue weighted by molar-refractivity contribution is 0.455. The van der Waals surface area contributed by atoms with Crippen LogP contribution < -0.4 is 22.1 Å². The fraction of sp³-hybridized carbons (Fsp3) is 0.393. The van der Waals surface area contributed by atoms with Crippen molar-refractivity contribution in [1.29, 1.82) is 0 Å². The van der Waals surface area contributed by atoms with Crippen LogP contribution in [0.15, 0.2) is 35.5 Å². The number of hydrogen-bond donors (Lipinski definition) is 5. The van der Waals surface area contributed by atoms with E-state index >= 15 is 0 Å². The maximum absolute atomic E-state index is 6.45. The van der Waals surface area contributed by atoms with Gasteiger partial charge in [-0.15, -0.1) is 11.8 Å². The lowest BCUT2D eigenvalue weighted by atomic mass is 9.95. The fourth-order valence-corrected chi connectivity index (χ4v) is 7.87. The number of nitrogen functional groups attached to an aromatic ring is 2. The molecule has 2 aliphatic rings. The number of aromatic amines is 1. The second kappa shape index (κ2) is 12.3. The van der Waals surface area contributed by atoms with Crippen molar-refractivity contribution in [1.82, 2.24) is 59.4 Å². The molecule has 2 aliphatic heterocycles. The third-order valence-corrected chi connectivity index (χ3v) is 10.6. The molecular formula is C28H34BrClN14S. The average molecular weight is 714 g/mol. The Labute approximate surface area is 276 Å². The summed E-state index contributed by atoms with van der Waals surface area (Å²) in [6.45, 7) is 3.86. The highest BCUT2D eigenvalue weighted by molar-refractivity contribution is 9.10. The van der Waals surface area contributed by atoms with Gasteiger partial charge in [-0.05, 0) is 35.3 Å². The Bertz CT molecular complexity index is 1960. The van der Waals surface area contributed by atoms with Gasteiger partial charge in [-0.25, -0.2) is 9.97 Å². The molecule has 6 aromatic heterocycles. The standard InChI is InChI=1S/C14H16BrN7S.C14H18ClN7/c1-21-7-8(4-18-21)9-5-19-22-13(16)11(15)12(20-14(9)22)10-6-17-2-3-23-10;1-21-7-10(20-21)9-6-18-22-13(16)11(15)12(19-14(9)22)8-3-2-4-17-5-8/h4-5,7,10,17H,2-3,6,16H2,1H3;6-8,17,20H,2-5,16H2,1H3. The number of rotatable bonds is 4. The Morgan fingerprint density at radius 1 is 0.911 bits per heavy atom. The van der Waals surface area contributed by atoms with Crippen LogP contribution in [0.3, 0.4) is 0 Å². The molecule has 2 saturated heterocycles. The Morgan fingerprint density at radius 3 is 2.29 bits per heavy atom. The van der Waals surface area contributed by atoms with Crippen LogP contribution >= 0.6 is 39.3 Å². The fourth-order valence-electron chi connectivity index (χ4n) is 5.80. The van der Waals surface area contributed by atoms with E-state index in [2.05, 4.69) is 47.0 Å². The van der Waals surface area contributed by atoms with Gasteiger partial charge < -0.3 is 22.1 Å². The van der Waals surface area contributed by atoms with Crippen molar-refractivity contribution in [2.75, 3.05) is 43.4 Å². The maximum atomic E-state index is 6.45. The molecule has 236 valence electrons. The number of nitrogens with zero attached hydrogens (tertiary/aromatic N) is 9. The van der Waals surface area contributed by atoms with Crippen molar-refractivity contribution in [2.45, 2.75) is 24.0 Å². The summed E-state index contributed by atoms with van der Waals surface area (Å²) in [4.78, 5) is 9.68. The minimum Gasteiger partial charge on any atom is -0.383 e. The Balaban J connectivity index is 0.000000145. The molecule has 6 aromatic rings. The number of thioether (sulfide) groups is 1. The van der Waals surface area contributed by atoms with Crippen molar-refractivity contribution in [2.24, 2.45) is 14.1 Å². The summed E-state index contributed by atoms with van der Waals surface area (Å²) in [6.07, 6.45) is 11.5. The number of aromatic nitrogens is 10. The number of piperidine rings is 1. The Hall–Kier alpha value is -3.57. The van der Waals surface area contributed by atoms with Gasteiger partial charge in [0.1, 0.15) is 16.7 Å². The van der Waals surface area contributed by atoms with Gasteiger partial charge in [0, 0.05) is 68.9 Å². The van der Waals surface area contributed by atoms with E-state index in [9.17, 15) is 0 Å². The molecule has 0 aromatic carbocycles. The van der Waals surface area contributed by atoms with Gasteiger partial charge in [0.05, 0.1) is 51.0 Å². The molecule has 8 heterocycles. The summed E-state index contributed by atoms with van der Waals surface area (Å²) in [7, 11) is 3.83. The number of halogens is 2. The molecule has 2 unspecified atom stereocenters. The molecule has 0 saturated carbocycles. The first-order chi connectivity index (χ1) is 21.8. The zero-order valence-electron chi connectivity index (χ0n) is 24.8. The van der Waals surface area contributed by atoms with Gasteiger partial charge >= 0.3 is 0 Å². The second-order valence-corrected chi connectivity index (χ2v) is 13.7. The van der Waals surface area contributed by atoms with Gasteiger partial charge in [-0.1, -0.05) is 11.6 Å². The minimum absolute atomic E-state index is 0.280. The number of anilines is 2. The van der Waals surface area contributed by atoms with Gasteiger partial charge in [0.25, 0.3) is 0 Å². The molecule has 0 spiro atoms. The number of nitrogens with two attached hydrogens (primary N) is 2. The van der Waals surface area contributed by atoms with Crippen LogP contribution in [-0.2, 0) is 14.1 Å². The van der Waals surface area contributed by atoms with Crippen molar-refractivity contribution in [3.63, 3.8) is 0 Å². The maximum Gasteiger partial charge on any atom is 0.167 e. The van der Waals surface area contributed by atoms with Crippen molar-refractivity contribution >= 4 is 62.2 Å². The molecule has 0 aliphatic carbocycles. The molecule has 45 heavy (non-hydrogen) atoms. The van der Waals surface area contributed by atoms with Gasteiger partial charge in [-0.3, -0.25) is 14.5 Å². The van der Waals surface area contributed by atoms with Crippen molar-refractivity contribution < 1.29 is 0 Å². The highest BCUT2D eigenvalue weighted by Gasteiger charge is 2.26. The van der Waals surface area contributed by atoms with E-state index in [1.165, 1.54) is 0 Å². The molecule has 0 bridgehead atoms. The normalized spacial score (nSPS) is 18.8. The van der Waals surface area contributed by atoms with Crippen LogP contribution in [0.1, 0.15) is 35.4 Å². The predicted octanol–water partition coefficient (Wildman–Crippen LogP) is 3.62. The number of hydrogen-bond acceptors (Lipinski definition) is 10. The molecule has 0 radical (unpaired) electrons. The highest BCUT2D eigenvalue weighted by Crippen LogP contribution is 2.38. The molecule has 7 N–H and O–H groups in total. The van der Waals surface area contributed by atoms with Gasteiger partial charge in [0.15, 0.2) is 11.3 Å². The van der Waals surface area contributed by atoms with E-state index in [4.69, 9.17) is 33.0 Å².